The molecule has 0 aromatic carbocycles. The number of carboxylic acid groups (broad SMARTS) is 1. The summed E-state index contributed by atoms with van der Waals surface area (Å²) in [4.78, 5) is 33.7. The van der Waals surface area contributed by atoms with Gasteiger partial charge in [-0.1, -0.05) is 0 Å². The molecule has 9 nitrogen and oxygen atoms in total. The number of amides is 2. The zero-order valence-corrected chi connectivity index (χ0v) is 17.0. The second-order valence-electron chi connectivity index (χ2n) is 8.33. The maximum Gasteiger partial charge on any atom is 0.416 e. The van der Waals surface area contributed by atoms with E-state index in [0.717, 1.165) is 29.5 Å². The molecule has 12 heteroatoms. The van der Waals surface area contributed by atoms with Gasteiger partial charge < -0.3 is 29.9 Å². The van der Waals surface area contributed by atoms with Crippen LogP contribution in [0.4, 0.5) is 23.8 Å². The van der Waals surface area contributed by atoms with Crippen LogP contribution < -0.4 is 15.7 Å². The van der Waals surface area contributed by atoms with Gasteiger partial charge >= 0.3 is 6.18 Å². The molecule has 1 aliphatic carbocycles. The summed E-state index contributed by atoms with van der Waals surface area (Å²) in [6, 6.07) is 1.71. The number of primary amides is 1. The molecule has 1 spiro atoms. The maximum absolute atomic E-state index is 13.0. The van der Waals surface area contributed by atoms with Gasteiger partial charge in [-0.25, -0.2) is 9.97 Å². The van der Waals surface area contributed by atoms with E-state index in [1.807, 2.05) is 4.90 Å². The number of pyridine rings is 1. The summed E-state index contributed by atoms with van der Waals surface area (Å²) in [5, 5.41) is 11.6. The lowest BCUT2D eigenvalue weighted by molar-refractivity contribution is -0.273. The minimum absolute atomic E-state index is 0.0504. The molecule has 1 saturated carbocycles. The summed E-state index contributed by atoms with van der Waals surface area (Å²) < 4.78 is 44.0. The van der Waals surface area contributed by atoms with Gasteiger partial charge in [0.25, 0.3) is 5.91 Å². The average Bonchev–Trinajstić information content (AvgIpc) is 3.19. The highest BCUT2D eigenvalue weighted by Gasteiger charge is 2.48. The van der Waals surface area contributed by atoms with E-state index in [4.69, 9.17) is 10.2 Å². The molecule has 2 amide bonds. The highest BCUT2D eigenvalue weighted by atomic mass is 19.4. The zero-order valence-electron chi connectivity index (χ0n) is 17.0. The van der Waals surface area contributed by atoms with Gasteiger partial charge in [-0.3, -0.25) is 4.79 Å². The first-order valence-corrected chi connectivity index (χ1v) is 10.1. The Bertz CT molecular complexity index is 1010. The molecule has 1 aliphatic heterocycles. The predicted molar refractivity (Wildman–Crippen MR) is 102 cm³/mol. The lowest BCUT2D eigenvalue weighted by Crippen LogP contribution is -2.58. The molecule has 1 saturated heterocycles. The van der Waals surface area contributed by atoms with Gasteiger partial charge in [-0.2, -0.15) is 13.2 Å². The average molecular weight is 452 g/mol. The molecule has 2 fully saturated rings. The first-order valence-electron chi connectivity index (χ1n) is 10.1. The second kappa shape index (κ2) is 7.99. The maximum atomic E-state index is 13.0. The predicted octanol–water partition coefficient (Wildman–Crippen LogP) is 1.78. The van der Waals surface area contributed by atoms with E-state index in [2.05, 4.69) is 9.97 Å². The summed E-state index contributed by atoms with van der Waals surface area (Å²) in [7, 11) is 0. The molecule has 3 heterocycles. The Morgan fingerprint density at radius 3 is 2.56 bits per heavy atom. The lowest BCUT2D eigenvalue weighted by atomic mass is 9.60. The van der Waals surface area contributed by atoms with E-state index in [1.54, 1.807) is 0 Å². The Morgan fingerprint density at radius 2 is 2.00 bits per heavy atom. The number of anilines is 1. The molecule has 32 heavy (non-hydrogen) atoms. The number of nitrogens with two attached hydrogens (primary N) is 1. The van der Waals surface area contributed by atoms with Crippen molar-refractivity contribution >= 4 is 17.8 Å². The molecule has 0 bridgehead atoms. The third-order valence-electron chi connectivity index (χ3n) is 6.34. The van der Waals surface area contributed by atoms with Crippen LogP contribution in [0.3, 0.4) is 0 Å². The number of hydrogen-bond donors (Lipinski definition) is 1. The summed E-state index contributed by atoms with van der Waals surface area (Å²) in [6.45, 7) is 0.915. The fraction of sp³-hybridized carbons (Fsp3) is 0.500. The van der Waals surface area contributed by atoms with Gasteiger partial charge in [0.2, 0.25) is 5.89 Å². The molecular weight excluding hydrogens is 431 g/mol. The fourth-order valence-electron chi connectivity index (χ4n) is 4.53. The van der Waals surface area contributed by atoms with E-state index in [-0.39, 0.29) is 35.4 Å². The number of hydrogen-bond acceptors (Lipinski definition) is 7. The summed E-state index contributed by atoms with van der Waals surface area (Å²) >= 11 is 0. The number of oxazole rings is 1. The standard InChI is InChI=1S/C20H22F3N5O4/c21-20(22,23)12-1-4-25-15(7-12)27-5-2-19(3-6-27)8-13(9-19)28(18(30)31)10-16-26-14(11-32-16)17(24)29/h1,4,7,11,13H,2-3,5-6,8-10H2,(H2,24,29)(H,30,31)/p-1. The van der Waals surface area contributed by atoms with E-state index >= 15 is 0 Å². The first kappa shape index (κ1) is 21.9. The van der Waals surface area contributed by atoms with Gasteiger partial charge in [0.05, 0.1) is 12.1 Å². The molecule has 0 radical (unpaired) electrons. The molecule has 2 aromatic rings. The van der Waals surface area contributed by atoms with Gasteiger partial charge in [0.15, 0.2) is 5.69 Å². The Hall–Kier alpha value is -3.31. The smallest absolute Gasteiger partial charge is 0.416 e. The number of rotatable bonds is 5. The van der Waals surface area contributed by atoms with Crippen molar-refractivity contribution in [2.45, 2.75) is 44.4 Å². The number of carbonyl (C=O) groups is 2. The number of aromatic nitrogens is 2. The van der Waals surface area contributed by atoms with E-state index in [1.165, 1.54) is 0 Å². The fourth-order valence-corrected chi connectivity index (χ4v) is 4.53. The molecule has 2 aliphatic rings. The number of halogens is 3. The van der Waals surface area contributed by atoms with Crippen molar-refractivity contribution in [2.24, 2.45) is 11.1 Å². The Morgan fingerprint density at radius 1 is 1.31 bits per heavy atom. The molecule has 172 valence electrons. The van der Waals surface area contributed by atoms with Gasteiger partial charge in [0.1, 0.15) is 18.2 Å². The highest BCUT2D eigenvalue weighted by Crippen LogP contribution is 2.51. The van der Waals surface area contributed by atoms with Crippen LogP contribution in [0.15, 0.2) is 29.0 Å². The molecular formula is C20H21F3N5O4-. The Balaban J connectivity index is 1.35. The van der Waals surface area contributed by atoms with Crippen LogP contribution in [-0.2, 0) is 12.7 Å². The minimum atomic E-state index is -4.43. The second-order valence-corrected chi connectivity index (χ2v) is 8.33. The summed E-state index contributed by atoms with van der Waals surface area (Å²) in [6.07, 6.45) is -0.917. The molecule has 2 N–H and O–H groups in total. The largest absolute Gasteiger partial charge is 0.530 e. The van der Waals surface area contributed by atoms with Crippen LogP contribution >= 0.6 is 0 Å². The Kier molecular flexibility index (Phi) is 5.47. The van der Waals surface area contributed by atoms with Crippen LogP contribution in [0, 0.1) is 5.41 Å². The van der Waals surface area contributed by atoms with E-state index in [0.29, 0.717) is 38.8 Å². The van der Waals surface area contributed by atoms with E-state index < -0.39 is 23.7 Å². The topological polar surface area (TPSA) is 129 Å². The van der Waals surface area contributed by atoms with Crippen molar-refractivity contribution in [2.75, 3.05) is 18.0 Å². The number of piperidine rings is 1. The van der Waals surface area contributed by atoms with Gasteiger partial charge in [-0.15, -0.1) is 0 Å². The van der Waals surface area contributed by atoms with Gasteiger partial charge in [-0.05, 0) is 43.2 Å². The number of carbonyl (C=O) groups excluding carboxylic acids is 2. The molecule has 0 atom stereocenters. The van der Waals surface area contributed by atoms with Crippen molar-refractivity contribution in [3.63, 3.8) is 0 Å². The molecule has 0 unspecified atom stereocenters. The first-order chi connectivity index (χ1) is 15.1. The highest BCUT2D eigenvalue weighted by molar-refractivity contribution is 5.90. The van der Waals surface area contributed by atoms with Gasteiger partial charge in [0, 0.05) is 25.3 Å². The van der Waals surface area contributed by atoms with Crippen LogP contribution in [0.5, 0.6) is 0 Å². The molecule has 2 aromatic heterocycles. The van der Waals surface area contributed by atoms with Crippen LogP contribution in [0.1, 0.15) is 47.6 Å². The van der Waals surface area contributed by atoms with Crippen molar-refractivity contribution in [1.82, 2.24) is 14.9 Å². The van der Waals surface area contributed by atoms with Crippen molar-refractivity contribution < 1.29 is 32.3 Å². The SMILES string of the molecule is NC(=O)c1coc(CN(C(=O)[O-])C2CC3(CCN(c4cc(C(F)(F)F)ccn4)CC3)C2)n1. The normalized spacial score (nSPS) is 18.4. The number of alkyl halides is 3. The van der Waals surface area contributed by atoms with Crippen LogP contribution in [-0.4, -0.2) is 46.0 Å². The third kappa shape index (κ3) is 4.34. The summed E-state index contributed by atoms with van der Waals surface area (Å²) in [5.41, 5.74) is 4.23. The minimum Gasteiger partial charge on any atom is -0.530 e. The lowest BCUT2D eigenvalue weighted by Gasteiger charge is -2.55. The van der Waals surface area contributed by atoms with E-state index in [9.17, 15) is 27.9 Å². The zero-order chi connectivity index (χ0) is 23.1. The van der Waals surface area contributed by atoms with Crippen molar-refractivity contribution in [3.05, 3.63) is 41.7 Å². The summed E-state index contributed by atoms with van der Waals surface area (Å²) in [5.74, 6) is -0.435. The van der Waals surface area contributed by atoms with Crippen LogP contribution in [0.2, 0.25) is 0 Å². The Labute approximate surface area is 181 Å². The molecule has 4 rings (SSSR count). The van der Waals surface area contributed by atoms with Crippen LogP contribution in [0.25, 0.3) is 0 Å². The third-order valence-corrected chi connectivity index (χ3v) is 6.34. The van der Waals surface area contributed by atoms with Crippen molar-refractivity contribution in [3.8, 4) is 0 Å². The van der Waals surface area contributed by atoms with Crippen molar-refractivity contribution in [1.29, 1.82) is 0 Å². The monoisotopic (exact) mass is 452 g/mol. The quantitative estimate of drug-likeness (QED) is 0.732. The number of nitrogens with zero attached hydrogens (tertiary/aromatic N) is 4.